The van der Waals surface area contributed by atoms with Crippen molar-refractivity contribution in [3.05, 3.63) is 11.1 Å². The summed E-state index contributed by atoms with van der Waals surface area (Å²) in [7, 11) is -3.36. The lowest BCUT2D eigenvalue weighted by Gasteiger charge is -2.07. The SMILES string of the molecule is CC(C)OCC1=CN=C(Br)S1(=O)=O. The highest BCUT2D eigenvalue weighted by Gasteiger charge is 2.27. The molecule has 0 N–H and O–H groups in total. The Hall–Kier alpha value is -0.200. The summed E-state index contributed by atoms with van der Waals surface area (Å²) in [5.74, 6) is 0. The van der Waals surface area contributed by atoms with Gasteiger partial charge in [0.1, 0.15) is 0 Å². The lowest BCUT2D eigenvalue weighted by molar-refractivity contribution is 0.100. The average Bonchev–Trinajstić information content (AvgIpc) is 2.25. The Bertz CT molecular complexity index is 356. The van der Waals surface area contributed by atoms with E-state index in [0.29, 0.717) is 0 Å². The number of rotatable bonds is 3. The van der Waals surface area contributed by atoms with Gasteiger partial charge in [0.15, 0.2) is 0 Å². The maximum Gasteiger partial charge on any atom is 0.230 e. The van der Waals surface area contributed by atoms with Gasteiger partial charge < -0.3 is 4.74 Å². The summed E-state index contributed by atoms with van der Waals surface area (Å²) in [6.07, 6.45) is 1.32. The lowest BCUT2D eigenvalue weighted by atomic mass is 10.5. The molecule has 0 unspecified atom stereocenters. The lowest BCUT2D eigenvalue weighted by Crippen LogP contribution is -2.14. The second kappa shape index (κ2) is 3.89. The van der Waals surface area contributed by atoms with Crippen LogP contribution in [-0.2, 0) is 14.6 Å². The number of nitrogens with zero attached hydrogens (tertiary/aromatic N) is 1. The minimum absolute atomic E-state index is 0.00970. The van der Waals surface area contributed by atoms with E-state index in [-0.39, 0.29) is 21.6 Å². The van der Waals surface area contributed by atoms with Gasteiger partial charge in [0.05, 0.1) is 17.6 Å². The standard InChI is InChI=1S/C7H10BrNO3S/c1-5(2)12-4-6-3-9-7(8)13(6,10)11/h3,5H,4H2,1-2H3. The van der Waals surface area contributed by atoms with Crippen molar-refractivity contribution in [2.75, 3.05) is 6.61 Å². The van der Waals surface area contributed by atoms with Crippen molar-refractivity contribution in [1.29, 1.82) is 0 Å². The molecule has 0 spiro atoms. The van der Waals surface area contributed by atoms with Crippen molar-refractivity contribution in [1.82, 2.24) is 0 Å². The van der Waals surface area contributed by atoms with Crippen LogP contribution in [0.4, 0.5) is 0 Å². The Morgan fingerprint density at radius 3 is 2.62 bits per heavy atom. The van der Waals surface area contributed by atoms with E-state index in [1.165, 1.54) is 6.20 Å². The molecule has 0 aromatic carbocycles. The molecule has 0 fully saturated rings. The van der Waals surface area contributed by atoms with Gasteiger partial charge in [-0.25, -0.2) is 13.4 Å². The van der Waals surface area contributed by atoms with Crippen LogP contribution in [0, 0.1) is 0 Å². The molecule has 0 aliphatic carbocycles. The molecule has 6 heteroatoms. The zero-order valence-corrected chi connectivity index (χ0v) is 9.72. The summed E-state index contributed by atoms with van der Waals surface area (Å²) in [4.78, 5) is 3.85. The molecule has 0 atom stereocenters. The van der Waals surface area contributed by atoms with Crippen LogP contribution in [0.5, 0.6) is 0 Å². The zero-order valence-electron chi connectivity index (χ0n) is 7.32. The van der Waals surface area contributed by atoms with E-state index in [1.807, 2.05) is 13.8 Å². The normalized spacial score (nSPS) is 20.3. The smallest absolute Gasteiger partial charge is 0.230 e. The Morgan fingerprint density at radius 2 is 2.23 bits per heavy atom. The van der Waals surface area contributed by atoms with E-state index in [1.54, 1.807) is 0 Å². The molecular weight excluding hydrogens is 258 g/mol. The molecule has 1 aliphatic rings. The molecule has 74 valence electrons. The second-order valence-electron chi connectivity index (χ2n) is 2.84. The number of halogens is 1. The van der Waals surface area contributed by atoms with Gasteiger partial charge in [0.2, 0.25) is 13.8 Å². The summed E-state index contributed by atoms with van der Waals surface area (Å²) < 4.78 is 27.9. The van der Waals surface area contributed by atoms with E-state index in [2.05, 4.69) is 20.9 Å². The molecule has 0 aromatic rings. The van der Waals surface area contributed by atoms with Crippen molar-refractivity contribution >= 4 is 29.7 Å². The third kappa shape index (κ3) is 2.38. The van der Waals surface area contributed by atoms with Gasteiger partial charge in [-0.15, -0.1) is 0 Å². The van der Waals surface area contributed by atoms with Gasteiger partial charge in [-0.05, 0) is 29.8 Å². The first kappa shape index (κ1) is 10.9. The molecule has 1 aliphatic heterocycles. The topological polar surface area (TPSA) is 55.7 Å². The number of ether oxygens (including phenoxy) is 1. The van der Waals surface area contributed by atoms with Gasteiger partial charge in [-0.2, -0.15) is 0 Å². The molecule has 1 rings (SSSR count). The Morgan fingerprint density at radius 1 is 1.62 bits per heavy atom. The highest BCUT2D eigenvalue weighted by molar-refractivity contribution is 9.21. The van der Waals surface area contributed by atoms with Crippen LogP contribution in [0.25, 0.3) is 0 Å². The molecular formula is C7H10BrNO3S. The predicted octanol–water partition coefficient (Wildman–Crippen LogP) is 1.43. The summed E-state index contributed by atoms with van der Waals surface area (Å²) in [6, 6.07) is 0. The summed E-state index contributed by atoms with van der Waals surface area (Å²) in [6.45, 7) is 3.77. The van der Waals surface area contributed by atoms with E-state index < -0.39 is 9.84 Å². The molecule has 4 nitrogen and oxygen atoms in total. The largest absolute Gasteiger partial charge is 0.373 e. The quantitative estimate of drug-likeness (QED) is 0.778. The third-order valence-electron chi connectivity index (χ3n) is 1.44. The Balaban J connectivity index is 2.67. The molecule has 1 heterocycles. The highest BCUT2D eigenvalue weighted by atomic mass is 79.9. The van der Waals surface area contributed by atoms with Gasteiger partial charge >= 0.3 is 0 Å². The van der Waals surface area contributed by atoms with Crippen LogP contribution in [-0.4, -0.2) is 25.1 Å². The molecule has 0 radical (unpaired) electrons. The fourth-order valence-electron chi connectivity index (χ4n) is 0.733. The summed E-state index contributed by atoms with van der Waals surface area (Å²) >= 11 is 2.86. The van der Waals surface area contributed by atoms with E-state index >= 15 is 0 Å². The molecule has 13 heavy (non-hydrogen) atoms. The van der Waals surface area contributed by atoms with Gasteiger partial charge in [-0.3, -0.25) is 0 Å². The van der Waals surface area contributed by atoms with Gasteiger partial charge in [-0.1, -0.05) is 0 Å². The average molecular weight is 268 g/mol. The number of aliphatic imine (C=N–C) groups is 1. The van der Waals surface area contributed by atoms with Crippen LogP contribution >= 0.6 is 15.9 Å². The van der Waals surface area contributed by atoms with Crippen molar-refractivity contribution < 1.29 is 13.2 Å². The van der Waals surface area contributed by atoms with Crippen molar-refractivity contribution in [2.45, 2.75) is 20.0 Å². The van der Waals surface area contributed by atoms with Crippen LogP contribution < -0.4 is 0 Å². The minimum Gasteiger partial charge on any atom is -0.373 e. The maximum atomic E-state index is 11.4. The highest BCUT2D eigenvalue weighted by Crippen LogP contribution is 2.20. The van der Waals surface area contributed by atoms with Crippen molar-refractivity contribution in [2.24, 2.45) is 4.99 Å². The van der Waals surface area contributed by atoms with Gasteiger partial charge in [0, 0.05) is 6.20 Å². The molecule has 0 saturated carbocycles. The van der Waals surface area contributed by atoms with E-state index in [4.69, 9.17) is 4.74 Å². The van der Waals surface area contributed by atoms with Gasteiger partial charge in [0.25, 0.3) is 0 Å². The van der Waals surface area contributed by atoms with Crippen LogP contribution in [0.3, 0.4) is 0 Å². The maximum absolute atomic E-state index is 11.4. The summed E-state index contributed by atoms with van der Waals surface area (Å²) in [5, 5.41) is 0. The van der Waals surface area contributed by atoms with Crippen LogP contribution in [0.2, 0.25) is 0 Å². The monoisotopic (exact) mass is 267 g/mol. The fourth-order valence-corrected chi connectivity index (χ4v) is 2.28. The molecule has 0 aromatic heterocycles. The van der Waals surface area contributed by atoms with E-state index in [9.17, 15) is 8.42 Å². The minimum atomic E-state index is -3.36. The first-order chi connectivity index (χ1) is 5.94. The van der Waals surface area contributed by atoms with Crippen molar-refractivity contribution in [3.8, 4) is 0 Å². The number of hydrogen-bond acceptors (Lipinski definition) is 4. The van der Waals surface area contributed by atoms with Crippen molar-refractivity contribution in [3.63, 3.8) is 0 Å². The molecule has 0 amide bonds. The number of sulfone groups is 1. The molecule has 0 bridgehead atoms. The first-order valence-corrected chi connectivity index (χ1v) is 6.01. The first-order valence-electron chi connectivity index (χ1n) is 3.73. The predicted molar refractivity (Wildman–Crippen MR) is 54.5 cm³/mol. The van der Waals surface area contributed by atoms with Crippen LogP contribution in [0.15, 0.2) is 16.1 Å². The summed E-state index contributed by atoms with van der Waals surface area (Å²) in [5.41, 5.74) is 0. The van der Waals surface area contributed by atoms with E-state index in [0.717, 1.165) is 0 Å². The third-order valence-corrected chi connectivity index (χ3v) is 4.38. The number of hydrogen-bond donors (Lipinski definition) is 0. The van der Waals surface area contributed by atoms with Crippen LogP contribution in [0.1, 0.15) is 13.8 Å². The zero-order chi connectivity index (χ0) is 10.1. The Labute approximate surface area is 85.7 Å². The Kier molecular flexibility index (Phi) is 3.26. The fraction of sp³-hybridized carbons (Fsp3) is 0.571. The second-order valence-corrected chi connectivity index (χ2v) is 6.03. The molecule has 0 saturated heterocycles.